The predicted octanol–water partition coefficient (Wildman–Crippen LogP) is 4.02. The molecule has 0 aliphatic rings. The van der Waals surface area contributed by atoms with Crippen LogP contribution in [0.15, 0.2) is 0 Å². The fraction of sp³-hybridized carbons (Fsp3) is 0.846. The van der Waals surface area contributed by atoms with Crippen LogP contribution in [-0.2, 0) is 4.79 Å². The van der Waals surface area contributed by atoms with E-state index in [1.54, 1.807) is 0 Å². The standard InChI is InChI=1S/C13H25O/c1-4-5-6-7-9-13(12(2)3)10-8-11-14/h10-13H,4-9H2,1-3H3. The molecule has 0 saturated carbocycles. The fourth-order valence-corrected chi connectivity index (χ4v) is 1.76. The second kappa shape index (κ2) is 9.23. The van der Waals surface area contributed by atoms with E-state index in [4.69, 9.17) is 0 Å². The molecule has 1 nitrogen and oxygen atoms in total. The van der Waals surface area contributed by atoms with E-state index < -0.39 is 0 Å². The Kier molecular flexibility index (Phi) is 9.02. The van der Waals surface area contributed by atoms with Crippen molar-refractivity contribution in [2.75, 3.05) is 0 Å². The van der Waals surface area contributed by atoms with Gasteiger partial charge in [-0.1, -0.05) is 46.5 Å². The van der Waals surface area contributed by atoms with Crippen molar-refractivity contribution in [3.8, 4) is 0 Å². The van der Waals surface area contributed by atoms with Gasteiger partial charge in [0, 0.05) is 6.42 Å². The van der Waals surface area contributed by atoms with E-state index in [-0.39, 0.29) is 0 Å². The van der Waals surface area contributed by atoms with E-state index in [1.165, 1.54) is 32.1 Å². The third kappa shape index (κ3) is 7.11. The summed E-state index contributed by atoms with van der Waals surface area (Å²) in [6.07, 6.45) is 10.4. The maximum absolute atomic E-state index is 10.3. The van der Waals surface area contributed by atoms with Crippen molar-refractivity contribution in [3.05, 3.63) is 6.42 Å². The lowest BCUT2D eigenvalue weighted by molar-refractivity contribution is -0.107. The summed E-state index contributed by atoms with van der Waals surface area (Å²) < 4.78 is 0. The van der Waals surface area contributed by atoms with Crippen LogP contribution in [0, 0.1) is 18.3 Å². The Hall–Kier alpha value is -0.330. The zero-order chi connectivity index (χ0) is 10.8. The van der Waals surface area contributed by atoms with Crippen LogP contribution in [0.2, 0.25) is 0 Å². The highest BCUT2D eigenvalue weighted by Gasteiger charge is 2.12. The van der Waals surface area contributed by atoms with Crippen molar-refractivity contribution < 1.29 is 4.79 Å². The maximum Gasteiger partial charge on any atom is 0.120 e. The number of hydrogen-bond acceptors (Lipinski definition) is 1. The molecule has 0 saturated heterocycles. The largest absolute Gasteiger partial charge is 0.303 e. The first-order valence-corrected chi connectivity index (χ1v) is 5.99. The summed E-state index contributed by atoms with van der Waals surface area (Å²) in [7, 11) is 0. The molecule has 0 aromatic rings. The first kappa shape index (κ1) is 13.7. The van der Waals surface area contributed by atoms with E-state index in [0.717, 1.165) is 6.29 Å². The average molecular weight is 197 g/mol. The lowest BCUT2D eigenvalue weighted by Gasteiger charge is -2.19. The Morgan fingerprint density at radius 3 is 2.36 bits per heavy atom. The van der Waals surface area contributed by atoms with Gasteiger partial charge in [0.15, 0.2) is 0 Å². The summed E-state index contributed by atoms with van der Waals surface area (Å²) in [6, 6.07) is 0. The maximum atomic E-state index is 10.3. The van der Waals surface area contributed by atoms with Gasteiger partial charge in [-0.3, -0.25) is 0 Å². The van der Waals surface area contributed by atoms with Gasteiger partial charge in [-0.25, -0.2) is 0 Å². The average Bonchev–Trinajstić information content (AvgIpc) is 2.16. The smallest absolute Gasteiger partial charge is 0.120 e. The lowest BCUT2D eigenvalue weighted by Crippen LogP contribution is -2.09. The third-order valence-corrected chi connectivity index (χ3v) is 2.78. The van der Waals surface area contributed by atoms with Gasteiger partial charge in [0.25, 0.3) is 0 Å². The molecule has 0 rings (SSSR count). The van der Waals surface area contributed by atoms with Crippen LogP contribution in [0.5, 0.6) is 0 Å². The molecule has 1 atom stereocenters. The molecule has 0 bridgehead atoms. The van der Waals surface area contributed by atoms with Crippen LogP contribution in [0.1, 0.15) is 59.3 Å². The third-order valence-electron chi connectivity index (χ3n) is 2.78. The highest BCUT2D eigenvalue weighted by Crippen LogP contribution is 2.22. The number of aldehydes is 1. The van der Waals surface area contributed by atoms with Gasteiger partial charge in [0.05, 0.1) is 0 Å². The van der Waals surface area contributed by atoms with Gasteiger partial charge in [-0.05, 0) is 24.7 Å². The number of rotatable bonds is 9. The second-order valence-electron chi connectivity index (χ2n) is 4.40. The van der Waals surface area contributed by atoms with Gasteiger partial charge in [-0.2, -0.15) is 0 Å². The van der Waals surface area contributed by atoms with Crippen LogP contribution in [0.3, 0.4) is 0 Å². The summed E-state index contributed by atoms with van der Waals surface area (Å²) in [5.74, 6) is 1.31. The molecule has 1 radical (unpaired) electrons. The number of carbonyl (C=O) groups is 1. The van der Waals surface area contributed by atoms with Crippen molar-refractivity contribution in [2.24, 2.45) is 11.8 Å². The van der Waals surface area contributed by atoms with Crippen LogP contribution in [-0.4, -0.2) is 6.29 Å². The Morgan fingerprint density at radius 1 is 1.14 bits per heavy atom. The Labute approximate surface area is 89.3 Å². The highest BCUT2D eigenvalue weighted by molar-refractivity contribution is 5.51. The van der Waals surface area contributed by atoms with E-state index in [1.807, 2.05) is 0 Å². The van der Waals surface area contributed by atoms with Crippen molar-refractivity contribution >= 4 is 6.29 Å². The molecule has 0 amide bonds. The minimum Gasteiger partial charge on any atom is -0.303 e. The molecule has 14 heavy (non-hydrogen) atoms. The van der Waals surface area contributed by atoms with Crippen molar-refractivity contribution in [3.63, 3.8) is 0 Å². The summed E-state index contributed by atoms with van der Waals surface area (Å²) in [4.78, 5) is 10.3. The molecule has 0 aliphatic carbocycles. The summed E-state index contributed by atoms with van der Waals surface area (Å²) in [5, 5.41) is 0. The topological polar surface area (TPSA) is 17.1 Å². The lowest BCUT2D eigenvalue weighted by atomic mass is 9.86. The van der Waals surface area contributed by atoms with E-state index in [0.29, 0.717) is 18.3 Å². The molecule has 0 aromatic carbocycles. The summed E-state index contributed by atoms with van der Waals surface area (Å²) in [5.41, 5.74) is 0. The molecule has 0 spiro atoms. The molecule has 0 heterocycles. The molecule has 83 valence electrons. The van der Waals surface area contributed by atoms with E-state index >= 15 is 0 Å². The fourth-order valence-electron chi connectivity index (χ4n) is 1.76. The second-order valence-corrected chi connectivity index (χ2v) is 4.40. The van der Waals surface area contributed by atoms with Gasteiger partial charge >= 0.3 is 0 Å². The van der Waals surface area contributed by atoms with Crippen LogP contribution in [0.25, 0.3) is 0 Å². The Bertz CT molecular complexity index is 129. The first-order valence-electron chi connectivity index (χ1n) is 5.99. The minimum absolute atomic E-state index is 0.622. The Balaban J connectivity index is 3.56. The number of unbranched alkanes of at least 4 members (excludes halogenated alkanes) is 3. The van der Waals surface area contributed by atoms with Crippen molar-refractivity contribution in [1.82, 2.24) is 0 Å². The molecule has 0 N–H and O–H groups in total. The van der Waals surface area contributed by atoms with Crippen LogP contribution in [0.4, 0.5) is 0 Å². The van der Waals surface area contributed by atoms with Crippen LogP contribution >= 0.6 is 0 Å². The minimum atomic E-state index is 0.622. The Morgan fingerprint density at radius 2 is 1.86 bits per heavy atom. The molecule has 0 aliphatic heterocycles. The normalized spacial score (nSPS) is 13.1. The van der Waals surface area contributed by atoms with Gasteiger partial charge in [0.1, 0.15) is 6.29 Å². The SMILES string of the molecule is CCCCCCC([CH]CC=O)C(C)C. The van der Waals surface area contributed by atoms with Gasteiger partial charge < -0.3 is 4.79 Å². The summed E-state index contributed by atoms with van der Waals surface area (Å²) >= 11 is 0. The van der Waals surface area contributed by atoms with Crippen molar-refractivity contribution in [2.45, 2.75) is 59.3 Å². The number of hydrogen-bond donors (Lipinski definition) is 0. The summed E-state index contributed by atoms with van der Waals surface area (Å²) in [6.45, 7) is 6.72. The number of carbonyl (C=O) groups excluding carboxylic acids is 1. The predicted molar refractivity (Wildman–Crippen MR) is 62.1 cm³/mol. The highest BCUT2D eigenvalue weighted by atomic mass is 16.1. The van der Waals surface area contributed by atoms with Gasteiger partial charge in [-0.15, -0.1) is 0 Å². The van der Waals surface area contributed by atoms with Gasteiger partial charge in [0.2, 0.25) is 0 Å². The monoisotopic (exact) mass is 197 g/mol. The zero-order valence-corrected chi connectivity index (χ0v) is 9.96. The van der Waals surface area contributed by atoms with Crippen molar-refractivity contribution in [1.29, 1.82) is 0 Å². The molecular weight excluding hydrogens is 172 g/mol. The zero-order valence-electron chi connectivity index (χ0n) is 9.96. The molecule has 0 aromatic heterocycles. The quantitative estimate of drug-likeness (QED) is 0.403. The molecule has 1 heteroatoms. The van der Waals surface area contributed by atoms with E-state index in [2.05, 4.69) is 27.2 Å². The first-order chi connectivity index (χ1) is 6.72. The molecular formula is C13H25O. The van der Waals surface area contributed by atoms with Crippen LogP contribution < -0.4 is 0 Å². The molecule has 0 fully saturated rings. The van der Waals surface area contributed by atoms with E-state index in [9.17, 15) is 4.79 Å². The molecule has 1 unspecified atom stereocenters.